The first-order valence-corrected chi connectivity index (χ1v) is 7.34. The second-order valence-electron chi connectivity index (χ2n) is 4.86. The highest BCUT2D eigenvalue weighted by molar-refractivity contribution is 6.67. The van der Waals surface area contributed by atoms with E-state index in [1.165, 1.54) is 31.2 Å². The van der Waals surface area contributed by atoms with Gasteiger partial charge in [-0.3, -0.25) is 4.79 Å². The lowest BCUT2D eigenvalue weighted by atomic mass is 10.0. The number of hydrogen-bond donors (Lipinski definition) is 0. The van der Waals surface area contributed by atoms with Gasteiger partial charge in [0.2, 0.25) is 5.76 Å². The number of carbonyl (C=O) groups is 1. The second kappa shape index (κ2) is 7.25. The van der Waals surface area contributed by atoms with Gasteiger partial charge < -0.3 is 4.52 Å². The number of nitrogens with zero attached hydrogens (tertiary/aromatic N) is 1. The monoisotopic (exact) mass is 291 g/mol. The van der Waals surface area contributed by atoms with E-state index in [-0.39, 0.29) is 5.76 Å². The molecule has 0 N–H and O–H groups in total. The summed E-state index contributed by atoms with van der Waals surface area (Å²) in [6.45, 7) is 2.21. The van der Waals surface area contributed by atoms with Gasteiger partial charge in [0.1, 0.15) is 5.69 Å². The minimum Gasteiger partial charge on any atom is -0.351 e. The van der Waals surface area contributed by atoms with Crippen LogP contribution in [0.4, 0.5) is 0 Å². The molecule has 0 amide bonds. The Kier molecular flexibility index (Phi) is 5.36. The SMILES string of the molecule is CCCCCCc1ccc(-c2cc(C(=O)Cl)on2)cc1. The Morgan fingerprint density at radius 2 is 1.95 bits per heavy atom. The van der Waals surface area contributed by atoms with Crippen molar-refractivity contribution in [1.82, 2.24) is 5.16 Å². The maximum Gasteiger partial charge on any atom is 0.290 e. The Morgan fingerprint density at radius 1 is 1.20 bits per heavy atom. The van der Waals surface area contributed by atoms with Gasteiger partial charge in [-0.05, 0) is 30.0 Å². The fourth-order valence-electron chi connectivity index (χ4n) is 2.10. The molecule has 1 heterocycles. The predicted molar refractivity (Wildman–Crippen MR) is 80.0 cm³/mol. The van der Waals surface area contributed by atoms with Crippen LogP contribution in [-0.4, -0.2) is 10.4 Å². The van der Waals surface area contributed by atoms with Gasteiger partial charge in [0.25, 0.3) is 5.24 Å². The van der Waals surface area contributed by atoms with Crippen LogP contribution in [-0.2, 0) is 6.42 Å². The van der Waals surface area contributed by atoms with Crippen molar-refractivity contribution in [2.75, 3.05) is 0 Å². The van der Waals surface area contributed by atoms with Crippen molar-refractivity contribution in [1.29, 1.82) is 0 Å². The van der Waals surface area contributed by atoms with E-state index in [0.29, 0.717) is 5.69 Å². The van der Waals surface area contributed by atoms with E-state index in [9.17, 15) is 4.79 Å². The van der Waals surface area contributed by atoms with Crippen molar-refractivity contribution >= 4 is 16.8 Å². The number of carbonyl (C=O) groups excluding carboxylic acids is 1. The first-order chi connectivity index (χ1) is 9.70. The molecule has 0 radical (unpaired) electrons. The highest BCUT2D eigenvalue weighted by Crippen LogP contribution is 2.21. The van der Waals surface area contributed by atoms with Gasteiger partial charge in [-0.1, -0.05) is 55.6 Å². The Labute approximate surface area is 123 Å². The molecule has 0 spiro atoms. The van der Waals surface area contributed by atoms with E-state index in [1.54, 1.807) is 6.07 Å². The van der Waals surface area contributed by atoms with E-state index in [0.717, 1.165) is 12.0 Å². The van der Waals surface area contributed by atoms with Gasteiger partial charge in [0, 0.05) is 11.6 Å². The molecule has 0 aliphatic heterocycles. The molecular formula is C16H18ClNO2. The van der Waals surface area contributed by atoms with Gasteiger partial charge in [0.05, 0.1) is 0 Å². The fourth-order valence-corrected chi connectivity index (χ4v) is 2.19. The van der Waals surface area contributed by atoms with Crippen LogP contribution < -0.4 is 0 Å². The molecule has 0 atom stereocenters. The molecule has 1 aromatic carbocycles. The zero-order valence-corrected chi connectivity index (χ0v) is 12.3. The van der Waals surface area contributed by atoms with E-state index in [4.69, 9.17) is 16.1 Å². The van der Waals surface area contributed by atoms with Crippen molar-refractivity contribution in [2.24, 2.45) is 0 Å². The molecule has 0 unspecified atom stereocenters. The number of hydrogen-bond acceptors (Lipinski definition) is 3. The average molecular weight is 292 g/mol. The van der Waals surface area contributed by atoms with E-state index in [2.05, 4.69) is 24.2 Å². The maximum absolute atomic E-state index is 10.9. The van der Waals surface area contributed by atoms with Gasteiger partial charge in [0.15, 0.2) is 0 Å². The smallest absolute Gasteiger partial charge is 0.290 e. The van der Waals surface area contributed by atoms with E-state index >= 15 is 0 Å². The van der Waals surface area contributed by atoms with Crippen LogP contribution in [0, 0.1) is 0 Å². The van der Waals surface area contributed by atoms with E-state index < -0.39 is 5.24 Å². The lowest BCUT2D eigenvalue weighted by Crippen LogP contribution is -1.86. The summed E-state index contributed by atoms with van der Waals surface area (Å²) < 4.78 is 4.87. The Hall–Kier alpha value is -1.61. The molecule has 0 aliphatic carbocycles. The second-order valence-corrected chi connectivity index (χ2v) is 5.20. The molecule has 106 valence electrons. The maximum atomic E-state index is 10.9. The van der Waals surface area contributed by atoms with Crippen LogP contribution >= 0.6 is 11.6 Å². The molecule has 0 saturated carbocycles. The molecule has 0 bridgehead atoms. The average Bonchev–Trinajstić information content (AvgIpc) is 2.94. The van der Waals surface area contributed by atoms with Gasteiger partial charge in [-0.25, -0.2) is 0 Å². The Morgan fingerprint density at radius 3 is 2.55 bits per heavy atom. The summed E-state index contributed by atoms with van der Waals surface area (Å²) in [5.41, 5.74) is 2.88. The van der Waals surface area contributed by atoms with E-state index in [1.807, 2.05) is 12.1 Å². The van der Waals surface area contributed by atoms with Crippen molar-refractivity contribution in [3.05, 3.63) is 41.7 Å². The molecule has 2 rings (SSSR count). The summed E-state index contributed by atoms with van der Waals surface area (Å²) in [6, 6.07) is 9.74. The largest absolute Gasteiger partial charge is 0.351 e. The third kappa shape index (κ3) is 3.94. The quantitative estimate of drug-likeness (QED) is 0.541. The zero-order chi connectivity index (χ0) is 14.4. The normalized spacial score (nSPS) is 10.7. The molecule has 0 saturated heterocycles. The molecule has 20 heavy (non-hydrogen) atoms. The highest BCUT2D eigenvalue weighted by atomic mass is 35.5. The number of rotatable bonds is 7. The van der Waals surface area contributed by atoms with Crippen LogP contribution in [0.25, 0.3) is 11.3 Å². The number of benzene rings is 1. The zero-order valence-electron chi connectivity index (χ0n) is 11.6. The fraction of sp³-hybridized carbons (Fsp3) is 0.375. The van der Waals surface area contributed by atoms with Crippen LogP contribution in [0.3, 0.4) is 0 Å². The van der Waals surface area contributed by atoms with Crippen molar-refractivity contribution in [2.45, 2.75) is 39.0 Å². The number of unbranched alkanes of at least 4 members (excludes halogenated alkanes) is 3. The Balaban J connectivity index is 1.98. The molecule has 1 aromatic heterocycles. The molecule has 0 aliphatic rings. The van der Waals surface area contributed by atoms with Crippen molar-refractivity contribution < 1.29 is 9.32 Å². The third-order valence-corrected chi connectivity index (χ3v) is 3.46. The molecular weight excluding hydrogens is 274 g/mol. The highest BCUT2D eigenvalue weighted by Gasteiger charge is 2.11. The number of aromatic nitrogens is 1. The summed E-state index contributed by atoms with van der Waals surface area (Å²) in [7, 11) is 0. The molecule has 3 nitrogen and oxygen atoms in total. The predicted octanol–water partition coefficient (Wildman–Crippen LogP) is 4.84. The minimum atomic E-state index is -0.628. The summed E-state index contributed by atoms with van der Waals surface area (Å²) in [5.74, 6) is 0.0744. The van der Waals surface area contributed by atoms with Crippen molar-refractivity contribution in [3.63, 3.8) is 0 Å². The van der Waals surface area contributed by atoms with Gasteiger partial charge >= 0.3 is 0 Å². The molecule has 2 aromatic rings. The molecule has 0 fully saturated rings. The van der Waals surface area contributed by atoms with Crippen LogP contribution in [0.15, 0.2) is 34.9 Å². The molecule has 4 heteroatoms. The minimum absolute atomic E-state index is 0.0744. The first-order valence-electron chi connectivity index (χ1n) is 6.96. The van der Waals surface area contributed by atoms with Crippen LogP contribution in [0.1, 0.15) is 48.7 Å². The number of aryl methyl sites for hydroxylation is 1. The topological polar surface area (TPSA) is 43.1 Å². The standard InChI is InChI=1S/C16H18ClNO2/c1-2-3-4-5-6-12-7-9-13(10-8-12)14-11-15(16(17)19)20-18-14/h7-11H,2-6H2,1H3. The number of halogens is 1. The summed E-state index contributed by atoms with van der Waals surface area (Å²) >= 11 is 5.34. The summed E-state index contributed by atoms with van der Waals surface area (Å²) in [6.07, 6.45) is 6.16. The lowest BCUT2D eigenvalue weighted by Gasteiger charge is -2.02. The Bertz CT molecular complexity index is 560. The van der Waals surface area contributed by atoms with Gasteiger partial charge in [-0.2, -0.15) is 0 Å². The van der Waals surface area contributed by atoms with Crippen LogP contribution in [0.5, 0.6) is 0 Å². The summed E-state index contributed by atoms with van der Waals surface area (Å²) in [4.78, 5) is 10.9. The van der Waals surface area contributed by atoms with Crippen LogP contribution in [0.2, 0.25) is 0 Å². The summed E-state index contributed by atoms with van der Waals surface area (Å²) in [5, 5.41) is 3.22. The first kappa shape index (κ1) is 14.8. The third-order valence-electron chi connectivity index (χ3n) is 3.27. The van der Waals surface area contributed by atoms with Crippen molar-refractivity contribution in [3.8, 4) is 11.3 Å². The lowest BCUT2D eigenvalue weighted by molar-refractivity contribution is 0.104. The van der Waals surface area contributed by atoms with Gasteiger partial charge in [-0.15, -0.1) is 0 Å².